The summed E-state index contributed by atoms with van der Waals surface area (Å²) in [4.78, 5) is 29.2. The predicted octanol–water partition coefficient (Wildman–Crippen LogP) is 1.06. The number of aromatic nitrogens is 2. The van der Waals surface area contributed by atoms with Crippen molar-refractivity contribution in [2.75, 3.05) is 16.8 Å². The van der Waals surface area contributed by atoms with Crippen LogP contribution in [0.5, 0.6) is 0 Å². The number of nitrogen functional groups attached to an aromatic ring is 2. The van der Waals surface area contributed by atoms with E-state index in [1.54, 1.807) is 18.2 Å². The number of nitrogens with zero attached hydrogens (tertiary/aromatic N) is 1. The maximum atomic E-state index is 11.6. The number of hydrogen-bond donors (Lipinski definition) is 5. The molecule has 0 bridgehead atoms. The molecule has 3 rings (SSSR count). The summed E-state index contributed by atoms with van der Waals surface area (Å²) in [6.07, 6.45) is 0.475. The third-order valence-corrected chi connectivity index (χ3v) is 3.45. The Hall–Kier alpha value is -3.55. The standard InChI is InChI=1S/C15H14N6O2/c16-11-4-8(5-12(17)21-11)7-1-2-9-10(3-7)20-15(19-6-22)13(9)14(18)23/h1-6,20H,(H2,18,23)(H,19,22)(H4,16,17,21). The minimum absolute atomic E-state index is 0.229. The second kappa shape index (κ2) is 5.34. The van der Waals surface area contributed by atoms with Crippen molar-refractivity contribution in [2.45, 2.75) is 0 Å². The number of anilines is 3. The lowest BCUT2D eigenvalue weighted by Crippen LogP contribution is -2.13. The van der Waals surface area contributed by atoms with Crippen LogP contribution in [0.25, 0.3) is 22.0 Å². The Labute approximate surface area is 130 Å². The number of rotatable bonds is 4. The van der Waals surface area contributed by atoms with E-state index in [1.807, 2.05) is 12.1 Å². The van der Waals surface area contributed by atoms with Gasteiger partial charge in [-0.05, 0) is 29.3 Å². The Balaban J connectivity index is 2.19. The number of carbonyl (C=O) groups is 2. The molecule has 0 aliphatic rings. The van der Waals surface area contributed by atoms with Crippen LogP contribution < -0.4 is 22.5 Å². The third kappa shape index (κ3) is 2.53. The smallest absolute Gasteiger partial charge is 0.253 e. The van der Waals surface area contributed by atoms with Crippen molar-refractivity contribution >= 4 is 40.7 Å². The second-order valence-electron chi connectivity index (χ2n) is 4.97. The van der Waals surface area contributed by atoms with Crippen LogP contribution >= 0.6 is 0 Å². The lowest BCUT2D eigenvalue weighted by Gasteiger charge is -2.05. The maximum absolute atomic E-state index is 11.6. The summed E-state index contributed by atoms with van der Waals surface area (Å²) >= 11 is 0. The van der Waals surface area contributed by atoms with Crippen LogP contribution in [-0.2, 0) is 4.79 Å². The molecule has 2 amide bonds. The van der Waals surface area contributed by atoms with Gasteiger partial charge in [-0.3, -0.25) is 9.59 Å². The second-order valence-corrected chi connectivity index (χ2v) is 4.97. The summed E-state index contributed by atoms with van der Waals surface area (Å²) in [6.45, 7) is 0. The van der Waals surface area contributed by atoms with E-state index in [9.17, 15) is 9.59 Å². The van der Waals surface area contributed by atoms with E-state index in [4.69, 9.17) is 17.2 Å². The van der Waals surface area contributed by atoms with Gasteiger partial charge in [0.1, 0.15) is 17.5 Å². The average Bonchev–Trinajstić information content (AvgIpc) is 2.83. The number of H-pyrrole nitrogens is 1. The lowest BCUT2D eigenvalue weighted by molar-refractivity contribution is -0.105. The highest BCUT2D eigenvalue weighted by Crippen LogP contribution is 2.31. The minimum Gasteiger partial charge on any atom is -0.384 e. The van der Waals surface area contributed by atoms with Crippen LogP contribution in [0.1, 0.15) is 10.4 Å². The number of pyridine rings is 1. The zero-order valence-electron chi connectivity index (χ0n) is 12.0. The van der Waals surface area contributed by atoms with E-state index in [1.165, 1.54) is 0 Å². The molecule has 8 heteroatoms. The Morgan fingerprint density at radius 2 is 1.83 bits per heavy atom. The molecule has 0 unspecified atom stereocenters. The van der Waals surface area contributed by atoms with Crippen molar-refractivity contribution in [3.8, 4) is 11.1 Å². The number of nitrogens with one attached hydrogen (secondary N) is 2. The fourth-order valence-electron chi connectivity index (χ4n) is 2.54. The highest BCUT2D eigenvalue weighted by Gasteiger charge is 2.16. The molecule has 116 valence electrons. The lowest BCUT2D eigenvalue weighted by atomic mass is 10.0. The van der Waals surface area contributed by atoms with E-state index in [0.29, 0.717) is 28.9 Å². The summed E-state index contributed by atoms with van der Waals surface area (Å²) < 4.78 is 0. The van der Waals surface area contributed by atoms with Crippen LogP contribution in [0, 0.1) is 0 Å². The number of fused-ring (bicyclic) bond motifs is 1. The monoisotopic (exact) mass is 310 g/mol. The largest absolute Gasteiger partial charge is 0.384 e. The van der Waals surface area contributed by atoms with Gasteiger partial charge in [0.05, 0.1) is 5.56 Å². The normalized spacial score (nSPS) is 10.6. The molecule has 0 aliphatic carbocycles. The zero-order valence-corrected chi connectivity index (χ0v) is 12.0. The van der Waals surface area contributed by atoms with Crippen LogP contribution in [0.15, 0.2) is 30.3 Å². The first-order chi connectivity index (χ1) is 11.0. The van der Waals surface area contributed by atoms with Crippen LogP contribution in [0.4, 0.5) is 17.5 Å². The van der Waals surface area contributed by atoms with Gasteiger partial charge in [0.2, 0.25) is 6.41 Å². The number of carbonyl (C=O) groups excluding carboxylic acids is 2. The molecule has 2 aromatic heterocycles. The van der Waals surface area contributed by atoms with E-state index in [-0.39, 0.29) is 11.4 Å². The molecule has 0 aliphatic heterocycles. The molecule has 2 heterocycles. The van der Waals surface area contributed by atoms with Gasteiger partial charge in [0, 0.05) is 10.9 Å². The summed E-state index contributed by atoms with van der Waals surface area (Å²) in [5, 5.41) is 3.05. The molecule has 0 saturated heterocycles. The summed E-state index contributed by atoms with van der Waals surface area (Å²) in [6, 6.07) is 8.75. The first-order valence-corrected chi connectivity index (χ1v) is 6.68. The Bertz CT molecular complexity index is 911. The molecule has 1 aromatic carbocycles. The SMILES string of the molecule is NC(=O)c1c(NC=O)[nH]c2cc(-c3cc(N)nc(N)c3)ccc12. The van der Waals surface area contributed by atoms with Crippen LogP contribution in [-0.4, -0.2) is 22.3 Å². The zero-order chi connectivity index (χ0) is 16.6. The number of primary amides is 1. The molecule has 0 atom stereocenters. The van der Waals surface area contributed by atoms with Crippen LogP contribution in [0.3, 0.4) is 0 Å². The van der Waals surface area contributed by atoms with E-state index < -0.39 is 5.91 Å². The molecule has 0 saturated carbocycles. The van der Waals surface area contributed by atoms with Gasteiger partial charge >= 0.3 is 0 Å². The molecule has 3 aromatic rings. The van der Waals surface area contributed by atoms with Crippen molar-refractivity contribution in [3.63, 3.8) is 0 Å². The van der Waals surface area contributed by atoms with Crippen molar-refractivity contribution in [1.29, 1.82) is 0 Å². The molecule has 8 nitrogen and oxygen atoms in total. The van der Waals surface area contributed by atoms with Gasteiger partial charge in [-0.2, -0.15) is 0 Å². The number of aromatic amines is 1. The number of amides is 2. The van der Waals surface area contributed by atoms with Crippen LogP contribution in [0.2, 0.25) is 0 Å². The highest BCUT2D eigenvalue weighted by molar-refractivity contribution is 6.12. The molecule has 0 fully saturated rings. The summed E-state index contributed by atoms with van der Waals surface area (Å²) in [7, 11) is 0. The van der Waals surface area contributed by atoms with Gasteiger partial charge < -0.3 is 27.5 Å². The molecule has 23 heavy (non-hydrogen) atoms. The van der Waals surface area contributed by atoms with Crippen molar-refractivity contribution < 1.29 is 9.59 Å². The molecular weight excluding hydrogens is 296 g/mol. The topological polar surface area (TPSA) is 153 Å². The third-order valence-electron chi connectivity index (χ3n) is 3.45. The number of nitrogens with two attached hydrogens (primary N) is 3. The van der Waals surface area contributed by atoms with Crippen molar-refractivity contribution in [1.82, 2.24) is 9.97 Å². The predicted molar refractivity (Wildman–Crippen MR) is 88.6 cm³/mol. The van der Waals surface area contributed by atoms with Gasteiger partial charge in [-0.25, -0.2) is 4.98 Å². The first-order valence-electron chi connectivity index (χ1n) is 6.68. The van der Waals surface area contributed by atoms with E-state index in [0.717, 1.165) is 11.1 Å². The van der Waals surface area contributed by atoms with E-state index in [2.05, 4.69) is 15.3 Å². The summed E-state index contributed by atoms with van der Waals surface area (Å²) in [5.41, 5.74) is 19.3. The Kier molecular flexibility index (Phi) is 3.34. The molecule has 0 spiro atoms. The molecule has 0 radical (unpaired) electrons. The minimum atomic E-state index is -0.634. The van der Waals surface area contributed by atoms with E-state index >= 15 is 0 Å². The van der Waals surface area contributed by atoms with Crippen molar-refractivity contribution in [3.05, 3.63) is 35.9 Å². The number of benzene rings is 1. The van der Waals surface area contributed by atoms with Gasteiger partial charge in [-0.1, -0.05) is 12.1 Å². The average molecular weight is 310 g/mol. The maximum Gasteiger partial charge on any atom is 0.253 e. The first kappa shape index (κ1) is 14.4. The molecule has 8 N–H and O–H groups in total. The fourth-order valence-corrected chi connectivity index (χ4v) is 2.54. The molecular formula is C15H14N6O2. The Morgan fingerprint density at radius 3 is 2.43 bits per heavy atom. The van der Waals surface area contributed by atoms with Gasteiger partial charge in [0.25, 0.3) is 5.91 Å². The quantitative estimate of drug-likeness (QED) is 0.456. The van der Waals surface area contributed by atoms with Crippen molar-refractivity contribution in [2.24, 2.45) is 5.73 Å². The number of hydrogen-bond acceptors (Lipinski definition) is 5. The fraction of sp³-hybridized carbons (Fsp3) is 0. The summed E-state index contributed by atoms with van der Waals surface area (Å²) in [5.74, 6) is 0.250. The van der Waals surface area contributed by atoms with Gasteiger partial charge in [-0.15, -0.1) is 0 Å². The van der Waals surface area contributed by atoms with Gasteiger partial charge in [0.15, 0.2) is 0 Å². The Morgan fingerprint density at radius 1 is 1.13 bits per heavy atom. The highest BCUT2D eigenvalue weighted by atomic mass is 16.1.